The molecule has 5 fully saturated rings. The van der Waals surface area contributed by atoms with Gasteiger partial charge < -0.3 is 25.8 Å². The molecule has 0 aliphatic heterocycles. The minimum Gasteiger partial charge on any atom is -0.405 e. The zero-order valence-electron chi connectivity index (χ0n) is 23.0. The van der Waals surface area contributed by atoms with E-state index in [1.54, 1.807) is 12.1 Å². The highest BCUT2D eigenvalue weighted by atomic mass is 19.4. The number of nitrogens with one attached hydrogen (secondary N) is 3. The van der Waals surface area contributed by atoms with Gasteiger partial charge in [0.15, 0.2) is 0 Å². The molecule has 2 aromatic rings. The number of aromatic nitrogens is 2. The molecule has 11 heteroatoms. The maximum atomic E-state index is 12.8. The molecule has 0 radical (unpaired) electrons. The highest BCUT2D eigenvalue weighted by molar-refractivity contribution is 5.53. The number of rotatable bonds is 9. The van der Waals surface area contributed by atoms with Gasteiger partial charge in [-0.2, -0.15) is 10.2 Å². The number of hydrogen-bond donors (Lipinski definition) is 4. The summed E-state index contributed by atoms with van der Waals surface area (Å²) in [6.07, 6.45) is 6.42. The lowest BCUT2D eigenvalue weighted by Crippen LogP contribution is -2.61. The zero-order chi connectivity index (χ0) is 28.6. The van der Waals surface area contributed by atoms with Crippen molar-refractivity contribution in [3.63, 3.8) is 0 Å². The molecule has 1 heterocycles. The van der Waals surface area contributed by atoms with Gasteiger partial charge in [0, 0.05) is 30.7 Å². The lowest BCUT2D eigenvalue weighted by atomic mass is 9.47. The largest absolute Gasteiger partial charge is 0.573 e. The molecule has 7 rings (SSSR count). The van der Waals surface area contributed by atoms with Gasteiger partial charge in [-0.25, -0.2) is 4.98 Å². The number of aliphatic hydroxyl groups is 1. The molecule has 5 aliphatic carbocycles. The van der Waals surface area contributed by atoms with Crippen LogP contribution in [-0.4, -0.2) is 46.2 Å². The molecule has 0 spiro atoms. The van der Waals surface area contributed by atoms with Crippen LogP contribution in [0, 0.1) is 34.5 Å². The number of anilines is 2. The molecule has 5 atom stereocenters. The number of nitriles is 1. The van der Waals surface area contributed by atoms with Crippen LogP contribution >= 0.6 is 0 Å². The van der Waals surface area contributed by atoms with E-state index in [-0.39, 0.29) is 29.8 Å². The van der Waals surface area contributed by atoms with Crippen LogP contribution in [-0.2, 0) is 6.54 Å². The summed E-state index contributed by atoms with van der Waals surface area (Å²) >= 11 is 0. The molecule has 2 unspecified atom stereocenters. The first kappa shape index (κ1) is 28.0. The highest BCUT2D eigenvalue weighted by Gasteiger charge is 2.55. The molecule has 1 aromatic carbocycles. The Hall–Kier alpha value is -3.10. The van der Waals surface area contributed by atoms with Crippen LogP contribution in [0.3, 0.4) is 0 Å². The first-order valence-corrected chi connectivity index (χ1v) is 14.7. The smallest absolute Gasteiger partial charge is 0.405 e. The molecule has 4 bridgehead atoms. The molecule has 5 aliphatic rings. The second-order valence-corrected chi connectivity index (χ2v) is 12.6. The summed E-state index contributed by atoms with van der Waals surface area (Å²) in [5.41, 5.74) is 0.810. The van der Waals surface area contributed by atoms with Gasteiger partial charge in [-0.1, -0.05) is 18.2 Å². The van der Waals surface area contributed by atoms with Crippen LogP contribution in [0.25, 0.3) is 0 Å². The number of hydrogen-bond acceptors (Lipinski definition) is 8. The van der Waals surface area contributed by atoms with E-state index in [1.165, 1.54) is 37.6 Å². The van der Waals surface area contributed by atoms with Gasteiger partial charge >= 0.3 is 6.36 Å². The van der Waals surface area contributed by atoms with E-state index in [0.717, 1.165) is 51.0 Å². The first-order valence-electron chi connectivity index (χ1n) is 14.7. The predicted molar refractivity (Wildman–Crippen MR) is 147 cm³/mol. The van der Waals surface area contributed by atoms with Crippen molar-refractivity contribution in [1.29, 1.82) is 5.26 Å². The van der Waals surface area contributed by atoms with E-state index in [1.807, 2.05) is 0 Å². The maximum Gasteiger partial charge on any atom is 0.573 e. The van der Waals surface area contributed by atoms with Gasteiger partial charge in [0.2, 0.25) is 5.95 Å². The van der Waals surface area contributed by atoms with Crippen LogP contribution < -0.4 is 20.7 Å². The summed E-state index contributed by atoms with van der Waals surface area (Å²) in [5, 5.41) is 30.0. The summed E-state index contributed by atoms with van der Waals surface area (Å²) in [4.78, 5) is 8.73. The van der Waals surface area contributed by atoms with Gasteiger partial charge in [-0.3, -0.25) is 0 Å². The Labute approximate surface area is 238 Å². The average molecular weight is 571 g/mol. The summed E-state index contributed by atoms with van der Waals surface area (Å²) in [6, 6.07) is 9.14. The monoisotopic (exact) mass is 570 g/mol. The van der Waals surface area contributed by atoms with Gasteiger partial charge in [0.25, 0.3) is 0 Å². The van der Waals surface area contributed by atoms with E-state index in [9.17, 15) is 23.5 Å². The molecule has 1 aromatic heterocycles. The Bertz CT molecular complexity index is 1260. The second-order valence-electron chi connectivity index (χ2n) is 12.6. The molecular formula is C30H37F3N6O2. The first-order chi connectivity index (χ1) is 19.7. The Morgan fingerprint density at radius 1 is 1.05 bits per heavy atom. The third-order valence-electron chi connectivity index (χ3n) is 9.70. The SMILES string of the molecule is N#Cc1cnc(NCc2ccccc2OC(F)(F)F)nc1NCC12CC3C[C@H](C1)[C@H](NC1CCC(O)CC1)[C@@H](C3)C2. The minimum absolute atomic E-state index is 0.0287. The van der Waals surface area contributed by atoms with E-state index >= 15 is 0 Å². The van der Waals surface area contributed by atoms with Crippen LogP contribution in [0.4, 0.5) is 24.9 Å². The van der Waals surface area contributed by atoms with Crippen molar-refractivity contribution in [3.05, 3.63) is 41.6 Å². The Morgan fingerprint density at radius 3 is 2.49 bits per heavy atom. The molecule has 0 amide bonds. The third kappa shape index (κ3) is 6.38. The van der Waals surface area contributed by atoms with E-state index in [2.05, 4.69) is 36.7 Å². The third-order valence-corrected chi connectivity index (χ3v) is 9.70. The van der Waals surface area contributed by atoms with Crippen LogP contribution in [0.2, 0.25) is 0 Å². The predicted octanol–water partition coefficient (Wildman–Crippen LogP) is 5.36. The summed E-state index contributed by atoms with van der Waals surface area (Å²) in [7, 11) is 0. The number of ether oxygens (including phenoxy) is 1. The lowest BCUT2D eigenvalue weighted by molar-refractivity contribution is -0.274. The highest BCUT2D eigenvalue weighted by Crippen LogP contribution is 2.60. The summed E-state index contributed by atoms with van der Waals surface area (Å²) < 4.78 is 42.5. The van der Waals surface area contributed by atoms with Crippen LogP contribution in [0.15, 0.2) is 30.5 Å². The number of alkyl halides is 3. The minimum atomic E-state index is -4.79. The molecule has 8 nitrogen and oxygen atoms in total. The van der Waals surface area contributed by atoms with Crippen LogP contribution in [0.1, 0.15) is 68.9 Å². The van der Waals surface area contributed by atoms with Crippen molar-refractivity contribution in [3.8, 4) is 11.8 Å². The zero-order valence-corrected chi connectivity index (χ0v) is 23.0. The Balaban J connectivity index is 1.10. The number of halogens is 3. The molecule has 5 saturated carbocycles. The summed E-state index contributed by atoms with van der Waals surface area (Å²) in [5.74, 6) is 2.41. The van der Waals surface area contributed by atoms with E-state index in [0.29, 0.717) is 40.9 Å². The van der Waals surface area contributed by atoms with E-state index < -0.39 is 6.36 Å². The fourth-order valence-corrected chi connectivity index (χ4v) is 8.20. The van der Waals surface area contributed by atoms with Crippen molar-refractivity contribution in [2.24, 2.45) is 23.2 Å². The maximum absolute atomic E-state index is 12.8. The molecule has 4 N–H and O–H groups in total. The second kappa shape index (κ2) is 11.3. The van der Waals surface area contributed by atoms with Gasteiger partial charge in [-0.05, 0) is 87.0 Å². The Morgan fingerprint density at radius 2 is 1.78 bits per heavy atom. The van der Waals surface area contributed by atoms with Crippen LogP contribution in [0.5, 0.6) is 5.75 Å². The fraction of sp³-hybridized carbons (Fsp3) is 0.633. The quantitative estimate of drug-likeness (QED) is 0.319. The standard InChI is InChI=1S/C30H37F3N6O2/c31-30(32,33)41-25-4-2-1-3-19(25)15-35-28-36-16-22(14-34)27(39-28)37-17-29-11-18-9-20(12-29)26(21(10-18)13-29)38-23-5-7-24(40)8-6-23/h1-4,16,18,20-21,23-24,26,38,40H,5-13,15,17H2,(H2,35,36,37,39)/t18?,20-,21+,23?,24?,26+,29?. The lowest BCUT2D eigenvalue weighted by Gasteiger charge is -2.61. The van der Waals surface area contributed by atoms with E-state index in [4.69, 9.17) is 0 Å². The van der Waals surface area contributed by atoms with Gasteiger partial charge in [0.05, 0.1) is 12.3 Å². The van der Waals surface area contributed by atoms with Crippen molar-refractivity contribution in [1.82, 2.24) is 15.3 Å². The van der Waals surface area contributed by atoms with Gasteiger partial charge in [0.1, 0.15) is 23.2 Å². The van der Waals surface area contributed by atoms with Crippen molar-refractivity contribution >= 4 is 11.8 Å². The number of benzene rings is 1. The number of para-hydroxylation sites is 1. The number of nitrogens with zero attached hydrogens (tertiary/aromatic N) is 3. The molecular weight excluding hydrogens is 533 g/mol. The Kier molecular flexibility index (Phi) is 7.72. The average Bonchev–Trinajstić information content (AvgIpc) is 2.93. The topological polar surface area (TPSA) is 115 Å². The van der Waals surface area contributed by atoms with Crippen molar-refractivity contribution in [2.75, 3.05) is 17.2 Å². The molecule has 220 valence electrons. The normalized spacial score (nSPS) is 32.4. The number of aliphatic hydroxyl groups excluding tert-OH is 1. The van der Waals surface area contributed by atoms with Gasteiger partial charge in [-0.15, -0.1) is 13.2 Å². The molecule has 0 saturated heterocycles. The van der Waals surface area contributed by atoms with Crippen molar-refractivity contribution < 1.29 is 23.0 Å². The fourth-order valence-electron chi connectivity index (χ4n) is 8.20. The molecule has 41 heavy (non-hydrogen) atoms. The van der Waals surface area contributed by atoms with Crippen molar-refractivity contribution in [2.45, 2.75) is 88.9 Å². The summed E-state index contributed by atoms with van der Waals surface area (Å²) in [6.45, 7) is 0.757.